The standard InChI is InChI=1S/C14H13NO.C7H4ClNO3.C7H8.2C2H6.CHI3.CH2I2.CH2I.V/c1-10-2-4-11(5-3-10)14(16)12-6-8-13(15)9-7-12;8-7(10)5-1-3-6(4-2-5)9(11)12;1-7-5-3-2-4-6-7;2*1-2;2-1(3)4;2-1-3;1-2;/h2-9H,15H2,1H3;1-4H;2-6H,1H3;2*1-2H3;1H;1H2;1H2;/q;;;;;;;-1;. The van der Waals surface area contributed by atoms with E-state index in [1.165, 1.54) is 32.3 Å². The Bertz CT molecular complexity index is 1270. The first-order chi connectivity index (χ1) is 22.8. The Morgan fingerprint density at radius 1 is 0.714 bits per heavy atom. The summed E-state index contributed by atoms with van der Waals surface area (Å²) in [6, 6.07) is 29.9. The Labute approximate surface area is 392 Å². The van der Waals surface area contributed by atoms with E-state index in [4.69, 9.17) is 17.3 Å². The third-order valence-corrected chi connectivity index (χ3v) is 4.95. The van der Waals surface area contributed by atoms with E-state index >= 15 is 0 Å². The number of nitrogens with zero attached hydrogens (tertiary/aromatic N) is 1. The number of nitro benzene ring substituents is 1. The maximum absolute atomic E-state index is 12.0. The zero-order chi connectivity index (χ0) is 38.1. The van der Waals surface area contributed by atoms with Crippen LogP contribution in [0.4, 0.5) is 11.4 Å². The molecule has 0 fully saturated rings. The van der Waals surface area contributed by atoms with E-state index in [1.54, 1.807) is 24.3 Å². The summed E-state index contributed by atoms with van der Waals surface area (Å²) in [7, 11) is 0. The van der Waals surface area contributed by atoms with E-state index in [0.29, 0.717) is 16.8 Å². The minimum absolute atomic E-state index is 0. The summed E-state index contributed by atoms with van der Waals surface area (Å²) in [6.07, 6.45) is 0. The largest absolute Gasteiger partial charge is 0.399 e. The zero-order valence-corrected chi connectivity index (χ0v) is 43.2. The first-order valence-corrected chi connectivity index (χ1v) is 22.7. The molecule has 0 aliphatic heterocycles. The fourth-order valence-electron chi connectivity index (χ4n) is 2.75. The van der Waals surface area contributed by atoms with Gasteiger partial charge in [0.2, 0.25) is 0 Å². The Kier molecular flexibility index (Phi) is 49.9. The van der Waals surface area contributed by atoms with Gasteiger partial charge in [-0.05, 0) is 61.8 Å². The number of nitro groups is 1. The van der Waals surface area contributed by atoms with Gasteiger partial charge in [-0.3, -0.25) is 24.6 Å². The van der Waals surface area contributed by atoms with E-state index in [0.717, 1.165) is 5.50 Å². The van der Waals surface area contributed by atoms with Crippen LogP contribution in [0.5, 0.6) is 0 Å². The average molecular weight is 1400 g/mol. The van der Waals surface area contributed by atoms with Crippen LogP contribution < -0.4 is 5.73 Å². The Morgan fingerprint density at radius 3 is 1.31 bits per heavy atom. The summed E-state index contributed by atoms with van der Waals surface area (Å²) in [5.74, 6) is 0.0278. The molecule has 0 aliphatic carbocycles. The number of carbonyl (C=O) groups is 2. The van der Waals surface area contributed by atoms with Crippen molar-refractivity contribution in [3.63, 3.8) is 0 Å². The molecule has 0 atom stereocenters. The molecule has 4 rings (SSSR count). The van der Waals surface area contributed by atoms with Crippen molar-refractivity contribution < 1.29 is 33.1 Å². The molecule has 6 nitrogen and oxygen atoms in total. The van der Waals surface area contributed by atoms with Gasteiger partial charge in [-0.25, -0.2) is 0 Å². The van der Waals surface area contributed by atoms with E-state index in [9.17, 15) is 19.7 Å². The summed E-state index contributed by atoms with van der Waals surface area (Å²) in [5.41, 5.74) is 10.3. The van der Waals surface area contributed by atoms with Gasteiger partial charge in [-0.1, -0.05) is 206 Å². The number of benzene rings is 4. The first kappa shape index (κ1) is 59.0. The molecule has 0 amide bonds. The van der Waals surface area contributed by atoms with Crippen LogP contribution in [0.1, 0.15) is 65.1 Å². The molecule has 0 spiro atoms. The number of anilines is 1. The van der Waals surface area contributed by atoms with Crippen molar-refractivity contribution in [2.45, 2.75) is 41.5 Å². The van der Waals surface area contributed by atoms with Crippen LogP contribution in [0, 0.1) is 28.9 Å². The minimum atomic E-state index is -0.620. The van der Waals surface area contributed by atoms with E-state index in [1.807, 2.05) is 99.7 Å². The van der Waals surface area contributed by atoms with Gasteiger partial charge in [0.05, 0.1) is 7.36 Å². The molecule has 4 aromatic carbocycles. The van der Waals surface area contributed by atoms with Gasteiger partial charge >= 0.3 is 0 Å². The van der Waals surface area contributed by atoms with Gasteiger partial charge in [0.25, 0.3) is 10.9 Å². The first-order valence-electron chi connectivity index (χ1n) is 14.1. The predicted molar refractivity (Wildman–Crippen MR) is 261 cm³/mol. The normalized spacial score (nSPS) is 8.31. The van der Waals surface area contributed by atoms with Crippen LogP contribution >= 0.6 is 147 Å². The predicted octanol–water partition coefficient (Wildman–Crippen LogP) is 14.4. The fourth-order valence-corrected chi connectivity index (χ4v) is 2.88. The van der Waals surface area contributed by atoms with Crippen molar-refractivity contribution in [1.82, 2.24) is 0 Å². The maximum atomic E-state index is 12.0. The second kappa shape index (κ2) is 41.4. The molecule has 0 unspecified atom stereocenters. The molecular weight excluding hydrogens is 1360 g/mol. The molecule has 49 heavy (non-hydrogen) atoms. The number of hydrogen-bond acceptors (Lipinski definition) is 5. The van der Waals surface area contributed by atoms with E-state index < -0.39 is 10.2 Å². The summed E-state index contributed by atoms with van der Waals surface area (Å²) in [4.78, 5) is 35.4. The molecule has 0 bridgehead atoms. The maximum Gasteiger partial charge on any atom is 0.269 e. The van der Waals surface area contributed by atoms with Crippen LogP contribution in [0.25, 0.3) is 0 Å². The van der Waals surface area contributed by atoms with Crippen molar-refractivity contribution in [2.75, 3.05) is 8.17 Å². The summed E-state index contributed by atoms with van der Waals surface area (Å²) < 4.78 is 1.93. The molecule has 4 aromatic rings. The number of nitrogen functional groups attached to an aromatic ring is 1. The molecule has 271 valence electrons. The van der Waals surface area contributed by atoms with Gasteiger partial charge in [-0.15, -0.1) is 0 Å². The number of alkyl halides is 5. The second-order valence-electron chi connectivity index (χ2n) is 7.90. The average Bonchev–Trinajstić information content (AvgIpc) is 3.09. The third-order valence-electron chi connectivity index (χ3n) is 4.73. The summed E-state index contributed by atoms with van der Waals surface area (Å²) in [6.45, 7) is 12.1. The Morgan fingerprint density at radius 2 is 1.02 bits per heavy atom. The second-order valence-corrected chi connectivity index (χ2v) is 23.6. The van der Waals surface area contributed by atoms with Crippen LogP contribution in [0.15, 0.2) is 103 Å². The molecule has 0 saturated carbocycles. The van der Waals surface area contributed by atoms with E-state index in [-0.39, 0.29) is 35.6 Å². The topological polar surface area (TPSA) is 103 Å². The van der Waals surface area contributed by atoms with Crippen molar-refractivity contribution in [2.24, 2.45) is 0 Å². The number of non-ortho nitro benzene ring substituents is 1. The Balaban J connectivity index is -0.000000173. The van der Waals surface area contributed by atoms with Gasteiger partial charge in [-0.2, -0.15) is 0 Å². The number of aryl methyl sites for hydroxylation is 2. The van der Waals surface area contributed by atoms with Crippen molar-refractivity contribution in [1.29, 1.82) is 0 Å². The summed E-state index contributed by atoms with van der Waals surface area (Å²) >= 11 is 18.5. The van der Waals surface area contributed by atoms with Crippen LogP contribution in [0.2, 0.25) is 0 Å². The van der Waals surface area contributed by atoms with Crippen LogP contribution in [-0.4, -0.2) is 18.3 Å². The number of hydrogen-bond donors (Lipinski definition) is 1. The molecule has 0 heterocycles. The Hall–Kier alpha value is 0.674. The number of rotatable bonds is 4. The van der Waals surface area contributed by atoms with Gasteiger partial charge in [0.1, 0.15) is -0.0619 Å². The molecule has 2 N–H and O–H groups in total. The number of halogens is 7. The van der Waals surface area contributed by atoms with Gasteiger partial charge in [0, 0.05) is 53.1 Å². The number of ketones is 1. The SMILES string of the molecule is CC.CC.Cc1ccc(C(=O)c2ccc(N)cc2)cc1.Cc1ccccc1.IC(I)I.ICI.O=C(Cl)c1ccc([N+](=O)[O-])cc1.[CH2-]I.[V]. The zero-order valence-electron chi connectivity index (χ0n) is 28.1. The minimum Gasteiger partial charge on any atom is -0.399 e. The smallest absolute Gasteiger partial charge is 0.269 e. The molecular formula is C35H42ClI6N2O4V-. The summed E-state index contributed by atoms with van der Waals surface area (Å²) in [5, 5.41) is 9.55. The molecule has 0 aromatic heterocycles. The van der Waals surface area contributed by atoms with Crippen molar-refractivity contribution in [3.8, 4) is 0 Å². The molecule has 1 radical (unpaired) electrons. The van der Waals surface area contributed by atoms with Gasteiger partial charge in [0.15, 0.2) is 5.78 Å². The van der Waals surface area contributed by atoms with Gasteiger partial charge < -0.3 is 28.3 Å². The quantitative estimate of drug-likeness (QED) is 0.0320. The number of carbonyl (C=O) groups excluding carboxylic acids is 2. The fraction of sp³-hybridized carbons (Fsp3) is 0.229. The number of nitrogens with two attached hydrogens (primary N) is 1. The van der Waals surface area contributed by atoms with E-state index in [2.05, 4.69) is 137 Å². The van der Waals surface area contributed by atoms with Crippen LogP contribution in [0.3, 0.4) is 0 Å². The molecule has 14 heteroatoms. The molecule has 0 aliphatic rings. The van der Waals surface area contributed by atoms with Crippen LogP contribution in [-0.2, 0) is 18.6 Å². The molecule has 0 saturated heterocycles. The van der Waals surface area contributed by atoms with Crippen molar-refractivity contribution in [3.05, 3.63) is 146 Å². The third kappa shape index (κ3) is 35.5. The van der Waals surface area contributed by atoms with Crippen molar-refractivity contribution >= 4 is 170 Å². The monoisotopic (exact) mass is 1400 g/mol.